The molecule has 1 aliphatic carbocycles. The molecule has 0 saturated heterocycles. The van der Waals surface area contributed by atoms with E-state index in [1.807, 2.05) is 0 Å². The smallest absolute Gasteiger partial charge is 0.0425 e. The molecule has 3 heteroatoms. The lowest BCUT2D eigenvalue weighted by molar-refractivity contribution is 0.273. The Hall–Kier alpha value is 0.540. The summed E-state index contributed by atoms with van der Waals surface area (Å²) in [7, 11) is 0. The van der Waals surface area contributed by atoms with E-state index in [2.05, 4.69) is 12.2 Å². The molecule has 12 heavy (non-hydrogen) atoms. The third-order valence-corrected chi connectivity index (χ3v) is 3.81. The first-order chi connectivity index (χ1) is 5.70. The summed E-state index contributed by atoms with van der Waals surface area (Å²) in [5.74, 6) is 2.04. The Balaban J connectivity index is 2.17. The fourth-order valence-corrected chi connectivity index (χ4v) is 1.69. The molecule has 1 N–H and O–H groups in total. The predicted molar refractivity (Wildman–Crippen MR) is 55.2 cm³/mol. The van der Waals surface area contributed by atoms with E-state index in [0.717, 1.165) is 12.5 Å². The first-order valence-electron chi connectivity index (χ1n) is 4.57. The first kappa shape index (κ1) is 10.6. The van der Waals surface area contributed by atoms with Gasteiger partial charge in [-0.1, -0.05) is 6.42 Å². The molecule has 0 aromatic heterocycles. The molecule has 0 bridgehead atoms. The molecule has 72 valence electrons. The fourth-order valence-electron chi connectivity index (χ4n) is 1.22. The van der Waals surface area contributed by atoms with E-state index in [-0.39, 0.29) is 5.54 Å². The summed E-state index contributed by atoms with van der Waals surface area (Å²) in [4.78, 5) is 0. The van der Waals surface area contributed by atoms with Crippen molar-refractivity contribution in [2.45, 2.75) is 31.7 Å². The predicted octanol–water partition coefficient (Wildman–Crippen LogP) is 2.61. The molecule has 1 fully saturated rings. The number of hydrogen-bond donors (Lipinski definition) is 1. The summed E-state index contributed by atoms with van der Waals surface area (Å²) in [5, 5.41) is 3.43. The van der Waals surface area contributed by atoms with E-state index in [1.165, 1.54) is 19.3 Å². The summed E-state index contributed by atoms with van der Waals surface area (Å²) in [6, 6.07) is 0. The standard InChI is InChI=1S/C9H17Cl2N/c1-9(6-10,7-11)12-5-8-3-2-4-8/h8,12H,2-7H2,1H3. The Morgan fingerprint density at radius 2 is 1.92 bits per heavy atom. The van der Waals surface area contributed by atoms with Crippen molar-refractivity contribution in [3.63, 3.8) is 0 Å². The molecule has 0 aliphatic heterocycles. The third-order valence-electron chi connectivity index (χ3n) is 2.63. The van der Waals surface area contributed by atoms with Gasteiger partial charge >= 0.3 is 0 Å². The number of hydrogen-bond acceptors (Lipinski definition) is 1. The Labute approximate surface area is 84.8 Å². The first-order valence-corrected chi connectivity index (χ1v) is 5.64. The van der Waals surface area contributed by atoms with Gasteiger partial charge in [-0.15, -0.1) is 23.2 Å². The lowest BCUT2D eigenvalue weighted by Gasteiger charge is -2.32. The van der Waals surface area contributed by atoms with E-state index in [9.17, 15) is 0 Å². The molecular formula is C9H17Cl2N. The quantitative estimate of drug-likeness (QED) is 0.688. The molecule has 0 radical (unpaired) electrons. The number of nitrogens with one attached hydrogen (secondary N) is 1. The van der Waals surface area contributed by atoms with Crippen LogP contribution in [0, 0.1) is 5.92 Å². The van der Waals surface area contributed by atoms with Gasteiger partial charge in [-0.2, -0.15) is 0 Å². The summed E-state index contributed by atoms with van der Waals surface area (Å²) >= 11 is 11.6. The lowest BCUT2D eigenvalue weighted by Crippen LogP contribution is -2.48. The van der Waals surface area contributed by atoms with E-state index in [0.29, 0.717) is 11.8 Å². The normalized spacial score (nSPS) is 19.2. The molecule has 0 amide bonds. The van der Waals surface area contributed by atoms with Gasteiger partial charge in [0, 0.05) is 17.3 Å². The summed E-state index contributed by atoms with van der Waals surface area (Å²) in [5.41, 5.74) is -0.0707. The van der Waals surface area contributed by atoms with E-state index >= 15 is 0 Å². The van der Waals surface area contributed by atoms with Crippen LogP contribution in [0.4, 0.5) is 0 Å². The fraction of sp³-hybridized carbons (Fsp3) is 1.00. The second-order valence-corrected chi connectivity index (χ2v) is 4.54. The van der Waals surface area contributed by atoms with Crippen LogP contribution in [-0.2, 0) is 0 Å². The van der Waals surface area contributed by atoms with Gasteiger partial charge in [0.1, 0.15) is 0 Å². The minimum absolute atomic E-state index is 0.0707. The van der Waals surface area contributed by atoms with Gasteiger partial charge in [0.2, 0.25) is 0 Å². The van der Waals surface area contributed by atoms with Crippen molar-refractivity contribution in [3.05, 3.63) is 0 Å². The van der Waals surface area contributed by atoms with E-state index < -0.39 is 0 Å². The maximum Gasteiger partial charge on any atom is 0.0425 e. The van der Waals surface area contributed by atoms with Gasteiger partial charge in [-0.05, 0) is 32.2 Å². The van der Waals surface area contributed by atoms with Crippen LogP contribution in [0.2, 0.25) is 0 Å². The maximum absolute atomic E-state index is 5.81. The largest absolute Gasteiger partial charge is 0.309 e. The Morgan fingerprint density at radius 3 is 2.25 bits per heavy atom. The van der Waals surface area contributed by atoms with Crippen molar-refractivity contribution < 1.29 is 0 Å². The van der Waals surface area contributed by atoms with Gasteiger partial charge in [0.05, 0.1) is 0 Å². The van der Waals surface area contributed by atoms with Crippen LogP contribution in [0.3, 0.4) is 0 Å². The van der Waals surface area contributed by atoms with Gasteiger partial charge in [-0.3, -0.25) is 0 Å². The highest BCUT2D eigenvalue weighted by atomic mass is 35.5. The molecule has 0 aromatic carbocycles. The minimum atomic E-state index is -0.0707. The van der Waals surface area contributed by atoms with E-state index in [4.69, 9.17) is 23.2 Å². The van der Waals surface area contributed by atoms with Crippen molar-refractivity contribution >= 4 is 23.2 Å². The highest BCUT2D eigenvalue weighted by Crippen LogP contribution is 2.26. The average molecular weight is 210 g/mol. The molecule has 1 saturated carbocycles. The van der Waals surface area contributed by atoms with Crippen LogP contribution in [-0.4, -0.2) is 23.8 Å². The SMILES string of the molecule is CC(CCl)(CCl)NCC1CCC1. The van der Waals surface area contributed by atoms with Crippen molar-refractivity contribution in [2.75, 3.05) is 18.3 Å². The molecule has 1 aliphatic rings. The van der Waals surface area contributed by atoms with Gasteiger partial charge in [-0.25, -0.2) is 0 Å². The Bertz CT molecular complexity index is 130. The van der Waals surface area contributed by atoms with Crippen LogP contribution in [0.15, 0.2) is 0 Å². The average Bonchev–Trinajstić information content (AvgIpc) is 2.01. The molecule has 0 atom stereocenters. The second-order valence-electron chi connectivity index (χ2n) is 4.01. The van der Waals surface area contributed by atoms with Crippen LogP contribution < -0.4 is 5.32 Å². The monoisotopic (exact) mass is 209 g/mol. The Morgan fingerprint density at radius 1 is 1.33 bits per heavy atom. The van der Waals surface area contributed by atoms with Gasteiger partial charge in [0.25, 0.3) is 0 Å². The van der Waals surface area contributed by atoms with Crippen molar-refractivity contribution in [2.24, 2.45) is 5.92 Å². The molecule has 0 heterocycles. The number of halogens is 2. The zero-order valence-electron chi connectivity index (χ0n) is 7.58. The van der Waals surface area contributed by atoms with Crippen LogP contribution in [0.25, 0.3) is 0 Å². The van der Waals surface area contributed by atoms with Gasteiger partial charge < -0.3 is 5.32 Å². The Kier molecular flexibility index (Phi) is 4.15. The zero-order chi connectivity index (χ0) is 9.03. The third kappa shape index (κ3) is 2.79. The van der Waals surface area contributed by atoms with Gasteiger partial charge in [0.15, 0.2) is 0 Å². The van der Waals surface area contributed by atoms with Crippen molar-refractivity contribution in [1.29, 1.82) is 0 Å². The van der Waals surface area contributed by atoms with Crippen LogP contribution in [0.1, 0.15) is 26.2 Å². The highest BCUT2D eigenvalue weighted by molar-refractivity contribution is 6.22. The topological polar surface area (TPSA) is 12.0 Å². The maximum atomic E-state index is 5.81. The summed E-state index contributed by atoms with van der Waals surface area (Å²) in [6.07, 6.45) is 4.13. The molecule has 1 nitrogen and oxygen atoms in total. The van der Waals surface area contributed by atoms with Crippen molar-refractivity contribution in [1.82, 2.24) is 5.32 Å². The zero-order valence-corrected chi connectivity index (χ0v) is 9.09. The lowest BCUT2D eigenvalue weighted by atomic mass is 9.85. The number of rotatable bonds is 5. The van der Waals surface area contributed by atoms with Crippen LogP contribution in [0.5, 0.6) is 0 Å². The second kappa shape index (κ2) is 4.69. The summed E-state index contributed by atoms with van der Waals surface area (Å²) in [6.45, 7) is 3.15. The van der Waals surface area contributed by atoms with E-state index in [1.54, 1.807) is 0 Å². The highest BCUT2D eigenvalue weighted by Gasteiger charge is 2.24. The molecule has 0 unspecified atom stereocenters. The molecule has 1 rings (SSSR count). The number of alkyl halides is 2. The van der Waals surface area contributed by atoms with Crippen LogP contribution >= 0.6 is 23.2 Å². The van der Waals surface area contributed by atoms with Crippen molar-refractivity contribution in [3.8, 4) is 0 Å². The summed E-state index contributed by atoms with van der Waals surface area (Å²) < 4.78 is 0. The minimum Gasteiger partial charge on any atom is -0.309 e. The molecule has 0 spiro atoms. The molecular weight excluding hydrogens is 193 g/mol. The molecule has 0 aromatic rings.